The first kappa shape index (κ1) is 14.9. The monoisotopic (exact) mass is 289 g/mol. The molecular weight excluding hydrogens is 270 g/mol. The third-order valence-electron chi connectivity index (χ3n) is 3.18. The molecule has 0 spiro atoms. The SMILES string of the molecule is CCNCc1ccccc1Oc1cc(C)c(Cl)c(C)c1. The van der Waals surface area contributed by atoms with Crippen molar-refractivity contribution in [3.05, 3.63) is 58.1 Å². The molecule has 20 heavy (non-hydrogen) atoms. The van der Waals surface area contributed by atoms with E-state index in [1.54, 1.807) is 0 Å². The predicted octanol–water partition coefficient (Wildman–Crippen LogP) is 4.86. The van der Waals surface area contributed by atoms with Crippen LogP contribution < -0.4 is 10.1 Å². The molecule has 0 atom stereocenters. The highest BCUT2D eigenvalue weighted by Gasteiger charge is 2.07. The van der Waals surface area contributed by atoms with E-state index >= 15 is 0 Å². The van der Waals surface area contributed by atoms with Crippen LogP contribution in [0, 0.1) is 13.8 Å². The Hall–Kier alpha value is -1.51. The molecule has 0 fully saturated rings. The van der Waals surface area contributed by atoms with Crippen LogP contribution in [0.5, 0.6) is 11.5 Å². The van der Waals surface area contributed by atoms with Crippen molar-refractivity contribution in [1.82, 2.24) is 5.32 Å². The molecule has 0 bridgehead atoms. The van der Waals surface area contributed by atoms with E-state index in [0.29, 0.717) is 0 Å². The van der Waals surface area contributed by atoms with Crippen LogP contribution in [0.1, 0.15) is 23.6 Å². The van der Waals surface area contributed by atoms with Crippen molar-refractivity contribution in [3.8, 4) is 11.5 Å². The molecular formula is C17H20ClNO. The van der Waals surface area contributed by atoms with Crippen LogP contribution in [-0.4, -0.2) is 6.54 Å². The lowest BCUT2D eigenvalue weighted by Crippen LogP contribution is -2.12. The van der Waals surface area contributed by atoms with Gasteiger partial charge in [-0.15, -0.1) is 0 Å². The predicted molar refractivity (Wildman–Crippen MR) is 84.8 cm³/mol. The second-order valence-corrected chi connectivity index (χ2v) is 5.24. The summed E-state index contributed by atoms with van der Waals surface area (Å²) in [6.45, 7) is 7.82. The first-order valence-electron chi connectivity index (χ1n) is 6.85. The summed E-state index contributed by atoms with van der Waals surface area (Å²) >= 11 is 6.19. The van der Waals surface area contributed by atoms with Crippen molar-refractivity contribution in [1.29, 1.82) is 0 Å². The molecule has 106 valence electrons. The lowest BCUT2D eigenvalue weighted by molar-refractivity contribution is 0.472. The third kappa shape index (κ3) is 3.53. The van der Waals surface area contributed by atoms with Gasteiger partial charge in [-0.05, 0) is 49.7 Å². The van der Waals surface area contributed by atoms with Crippen LogP contribution in [0.2, 0.25) is 5.02 Å². The van der Waals surface area contributed by atoms with Crippen molar-refractivity contribution in [2.45, 2.75) is 27.3 Å². The molecule has 0 aliphatic carbocycles. The highest BCUT2D eigenvalue weighted by Crippen LogP contribution is 2.30. The Morgan fingerprint density at radius 3 is 2.40 bits per heavy atom. The minimum atomic E-state index is 0.804. The summed E-state index contributed by atoms with van der Waals surface area (Å²) < 4.78 is 6.02. The summed E-state index contributed by atoms with van der Waals surface area (Å²) in [5.41, 5.74) is 3.22. The first-order chi connectivity index (χ1) is 9.61. The van der Waals surface area contributed by atoms with Gasteiger partial charge < -0.3 is 10.1 Å². The normalized spacial score (nSPS) is 10.6. The number of ether oxygens (including phenoxy) is 1. The van der Waals surface area contributed by atoms with E-state index in [0.717, 1.165) is 46.3 Å². The molecule has 0 heterocycles. The summed E-state index contributed by atoms with van der Waals surface area (Å²) in [6.07, 6.45) is 0. The van der Waals surface area contributed by atoms with Crippen LogP contribution in [0.25, 0.3) is 0 Å². The fraction of sp³-hybridized carbons (Fsp3) is 0.294. The van der Waals surface area contributed by atoms with Gasteiger partial charge in [-0.1, -0.05) is 36.7 Å². The molecule has 0 aliphatic rings. The minimum absolute atomic E-state index is 0.804. The molecule has 2 aromatic carbocycles. The number of halogens is 1. The Kier molecular flexibility index (Phi) is 5.05. The summed E-state index contributed by atoms with van der Waals surface area (Å²) in [4.78, 5) is 0. The van der Waals surface area contributed by atoms with E-state index in [-0.39, 0.29) is 0 Å². The van der Waals surface area contributed by atoms with Gasteiger partial charge in [-0.2, -0.15) is 0 Å². The van der Waals surface area contributed by atoms with E-state index in [1.165, 1.54) is 0 Å². The van der Waals surface area contributed by atoms with Gasteiger partial charge in [-0.3, -0.25) is 0 Å². The summed E-state index contributed by atoms with van der Waals surface area (Å²) in [5, 5.41) is 4.13. The molecule has 2 nitrogen and oxygen atoms in total. The Morgan fingerprint density at radius 1 is 1.10 bits per heavy atom. The molecule has 2 aromatic rings. The molecule has 3 heteroatoms. The topological polar surface area (TPSA) is 21.3 Å². The fourth-order valence-corrected chi connectivity index (χ4v) is 2.21. The van der Waals surface area contributed by atoms with Crippen LogP contribution in [-0.2, 0) is 6.54 Å². The minimum Gasteiger partial charge on any atom is -0.457 e. The second-order valence-electron chi connectivity index (χ2n) is 4.86. The lowest BCUT2D eigenvalue weighted by atomic mass is 10.1. The number of aryl methyl sites for hydroxylation is 2. The van der Waals surface area contributed by atoms with Gasteiger partial charge in [0.1, 0.15) is 11.5 Å². The molecule has 0 unspecified atom stereocenters. The number of para-hydroxylation sites is 1. The number of hydrogen-bond donors (Lipinski definition) is 1. The highest BCUT2D eigenvalue weighted by atomic mass is 35.5. The number of nitrogens with one attached hydrogen (secondary N) is 1. The molecule has 0 radical (unpaired) electrons. The molecule has 0 aliphatic heterocycles. The van der Waals surface area contributed by atoms with Crippen LogP contribution in [0.3, 0.4) is 0 Å². The summed E-state index contributed by atoms with van der Waals surface area (Å²) in [7, 11) is 0. The molecule has 0 amide bonds. The smallest absolute Gasteiger partial charge is 0.131 e. The molecule has 1 N–H and O–H groups in total. The van der Waals surface area contributed by atoms with E-state index in [1.807, 2.05) is 44.2 Å². The Bertz CT molecular complexity index is 572. The lowest BCUT2D eigenvalue weighted by Gasteiger charge is -2.13. The maximum absolute atomic E-state index is 6.19. The Morgan fingerprint density at radius 2 is 1.75 bits per heavy atom. The van der Waals surface area contributed by atoms with Gasteiger partial charge in [0, 0.05) is 17.1 Å². The number of rotatable bonds is 5. The van der Waals surface area contributed by atoms with Crippen LogP contribution in [0.15, 0.2) is 36.4 Å². The van der Waals surface area contributed by atoms with E-state index < -0.39 is 0 Å². The molecule has 0 saturated heterocycles. The third-order valence-corrected chi connectivity index (χ3v) is 3.77. The standard InChI is InChI=1S/C17H20ClNO/c1-4-19-11-14-7-5-6-8-16(14)20-15-9-12(2)17(18)13(3)10-15/h5-10,19H,4,11H2,1-3H3. The zero-order valence-electron chi connectivity index (χ0n) is 12.2. The van der Waals surface area contributed by atoms with E-state index in [2.05, 4.69) is 18.3 Å². The van der Waals surface area contributed by atoms with Crippen LogP contribution >= 0.6 is 11.6 Å². The van der Waals surface area contributed by atoms with Gasteiger partial charge in [0.2, 0.25) is 0 Å². The second kappa shape index (κ2) is 6.78. The van der Waals surface area contributed by atoms with Crippen molar-refractivity contribution in [2.24, 2.45) is 0 Å². The average Bonchev–Trinajstić information content (AvgIpc) is 2.44. The highest BCUT2D eigenvalue weighted by molar-refractivity contribution is 6.32. The van der Waals surface area contributed by atoms with Gasteiger partial charge in [0.25, 0.3) is 0 Å². The zero-order valence-corrected chi connectivity index (χ0v) is 12.9. The van der Waals surface area contributed by atoms with Crippen molar-refractivity contribution in [3.63, 3.8) is 0 Å². The summed E-state index contributed by atoms with van der Waals surface area (Å²) in [6, 6.07) is 12.0. The molecule has 2 rings (SSSR count). The average molecular weight is 290 g/mol. The Balaban J connectivity index is 2.26. The zero-order chi connectivity index (χ0) is 14.5. The largest absolute Gasteiger partial charge is 0.457 e. The number of benzene rings is 2. The van der Waals surface area contributed by atoms with Crippen LogP contribution in [0.4, 0.5) is 0 Å². The van der Waals surface area contributed by atoms with Gasteiger partial charge in [0.15, 0.2) is 0 Å². The van der Waals surface area contributed by atoms with E-state index in [9.17, 15) is 0 Å². The first-order valence-corrected chi connectivity index (χ1v) is 7.23. The van der Waals surface area contributed by atoms with Gasteiger partial charge >= 0.3 is 0 Å². The maximum atomic E-state index is 6.19. The quantitative estimate of drug-likeness (QED) is 0.849. The van der Waals surface area contributed by atoms with Crippen molar-refractivity contribution >= 4 is 11.6 Å². The van der Waals surface area contributed by atoms with Gasteiger partial charge in [-0.25, -0.2) is 0 Å². The maximum Gasteiger partial charge on any atom is 0.131 e. The van der Waals surface area contributed by atoms with Crippen molar-refractivity contribution in [2.75, 3.05) is 6.54 Å². The molecule has 0 aromatic heterocycles. The Labute approximate surface area is 125 Å². The molecule has 0 saturated carbocycles. The fourth-order valence-electron chi connectivity index (χ4n) is 2.10. The van der Waals surface area contributed by atoms with Crippen molar-refractivity contribution < 1.29 is 4.74 Å². The van der Waals surface area contributed by atoms with E-state index in [4.69, 9.17) is 16.3 Å². The summed E-state index contributed by atoms with van der Waals surface area (Å²) in [5.74, 6) is 1.71. The van der Waals surface area contributed by atoms with Gasteiger partial charge in [0.05, 0.1) is 0 Å². The number of hydrogen-bond acceptors (Lipinski definition) is 2.